The second-order valence-electron chi connectivity index (χ2n) is 5.66. The molecule has 0 fully saturated rings. The number of ether oxygens (including phenoxy) is 1. The predicted molar refractivity (Wildman–Crippen MR) is 110 cm³/mol. The quantitative estimate of drug-likeness (QED) is 0.479. The molecule has 0 aliphatic rings. The molecule has 0 aliphatic carbocycles. The Hall–Kier alpha value is -2.94. The Balaban J connectivity index is 1.84. The van der Waals surface area contributed by atoms with Crippen LogP contribution in [0.2, 0.25) is 0 Å². The largest absolute Gasteiger partial charge is 0.435 e. The van der Waals surface area contributed by atoms with E-state index in [1.54, 1.807) is 12.1 Å². The molecular weight excluding hydrogens is 386 g/mol. The third kappa shape index (κ3) is 6.34. The molecule has 0 unspecified atom stereocenters. The lowest BCUT2D eigenvalue weighted by molar-refractivity contribution is -0.0498. The summed E-state index contributed by atoms with van der Waals surface area (Å²) in [6, 6.07) is 13.1. The molecule has 9 heteroatoms. The van der Waals surface area contributed by atoms with Gasteiger partial charge in [-0.15, -0.1) is 0 Å². The zero-order valence-corrected chi connectivity index (χ0v) is 16.4. The van der Waals surface area contributed by atoms with Crippen molar-refractivity contribution in [3.05, 3.63) is 54.1 Å². The van der Waals surface area contributed by atoms with Crippen LogP contribution in [-0.4, -0.2) is 30.7 Å². The number of carbonyl (C=O) groups is 1. The summed E-state index contributed by atoms with van der Waals surface area (Å²) >= 11 is 5.10. The molecule has 2 aromatic rings. The third-order valence-corrected chi connectivity index (χ3v) is 4.09. The smallest absolute Gasteiger partial charge is 0.387 e. The van der Waals surface area contributed by atoms with Gasteiger partial charge in [0, 0.05) is 30.0 Å². The molecule has 150 valence electrons. The number of halogens is 2. The van der Waals surface area contributed by atoms with E-state index in [1.807, 2.05) is 12.1 Å². The highest BCUT2D eigenvalue weighted by molar-refractivity contribution is 7.80. The molecule has 2 aromatic carbocycles. The summed E-state index contributed by atoms with van der Waals surface area (Å²) < 4.78 is 28.5. The Morgan fingerprint density at radius 2 is 1.64 bits per heavy atom. The molecule has 0 spiro atoms. The number of hydrogen-bond acceptors (Lipinski definition) is 4. The number of thiocarbonyl (C=S) groups is 1. The van der Waals surface area contributed by atoms with Crippen LogP contribution in [0, 0.1) is 0 Å². The van der Waals surface area contributed by atoms with Gasteiger partial charge >= 0.3 is 6.61 Å². The van der Waals surface area contributed by atoms with Gasteiger partial charge in [0.1, 0.15) is 5.75 Å². The lowest BCUT2D eigenvalue weighted by Crippen LogP contribution is -2.43. The van der Waals surface area contributed by atoms with Crippen LogP contribution in [0.1, 0.15) is 24.2 Å². The van der Waals surface area contributed by atoms with Crippen LogP contribution >= 0.6 is 12.2 Å². The van der Waals surface area contributed by atoms with Crippen molar-refractivity contribution in [2.24, 2.45) is 0 Å². The minimum Gasteiger partial charge on any atom is -0.435 e. The average Bonchev–Trinajstić information content (AvgIpc) is 2.69. The molecule has 0 bridgehead atoms. The number of anilines is 2. The lowest BCUT2D eigenvalue weighted by Gasteiger charge is -2.21. The molecule has 6 nitrogen and oxygen atoms in total. The molecule has 3 N–H and O–H groups in total. The van der Waals surface area contributed by atoms with Crippen molar-refractivity contribution in [2.45, 2.75) is 20.5 Å². The number of benzene rings is 2. The van der Waals surface area contributed by atoms with E-state index in [1.165, 1.54) is 24.3 Å². The molecule has 0 aromatic heterocycles. The Labute approximate surface area is 167 Å². The minimum atomic E-state index is -2.88. The topological polar surface area (TPSA) is 65.6 Å². The summed E-state index contributed by atoms with van der Waals surface area (Å²) in [5.41, 5.74) is 7.18. The first-order chi connectivity index (χ1) is 13.4. The average molecular weight is 408 g/mol. The first-order valence-corrected chi connectivity index (χ1v) is 9.11. The number of amides is 1. The molecule has 0 heterocycles. The molecule has 1 amide bonds. The normalized spacial score (nSPS) is 10.3. The van der Waals surface area contributed by atoms with Crippen molar-refractivity contribution in [1.29, 1.82) is 0 Å². The van der Waals surface area contributed by atoms with Gasteiger partial charge in [-0.1, -0.05) is 0 Å². The van der Waals surface area contributed by atoms with E-state index in [0.29, 0.717) is 11.3 Å². The van der Waals surface area contributed by atoms with Gasteiger partial charge in [-0.05, 0) is 74.6 Å². The number of hydrogen-bond donors (Lipinski definition) is 3. The maximum Gasteiger partial charge on any atom is 0.387 e. The van der Waals surface area contributed by atoms with Crippen LogP contribution in [0.3, 0.4) is 0 Å². The molecule has 2 rings (SSSR count). The molecule has 0 radical (unpaired) electrons. The third-order valence-electron chi connectivity index (χ3n) is 3.88. The van der Waals surface area contributed by atoms with Crippen LogP contribution in [0.4, 0.5) is 20.2 Å². The van der Waals surface area contributed by atoms with Crippen molar-refractivity contribution in [3.8, 4) is 5.75 Å². The fraction of sp³-hybridized carbons (Fsp3) is 0.263. The number of hydrazine groups is 1. The lowest BCUT2D eigenvalue weighted by atomic mass is 10.2. The Morgan fingerprint density at radius 3 is 2.18 bits per heavy atom. The van der Waals surface area contributed by atoms with Gasteiger partial charge in [-0.25, -0.2) is 0 Å². The summed E-state index contributed by atoms with van der Waals surface area (Å²) in [5.74, 6) is -0.295. The summed E-state index contributed by atoms with van der Waals surface area (Å²) in [7, 11) is 0. The van der Waals surface area contributed by atoms with E-state index in [4.69, 9.17) is 12.2 Å². The Morgan fingerprint density at radius 1 is 1.04 bits per heavy atom. The fourth-order valence-corrected chi connectivity index (χ4v) is 2.65. The van der Waals surface area contributed by atoms with E-state index in [-0.39, 0.29) is 16.8 Å². The van der Waals surface area contributed by atoms with Crippen molar-refractivity contribution < 1.29 is 18.3 Å². The van der Waals surface area contributed by atoms with Crippen LogP contribution in [-0.2, 0) is 0 Å². The van der Waals surface area contributed by atoms with E-state index in [0.717, 1.165) is 18.8 Å². The van der Waals surface area contributed by atoms with Gasteiger partial charge in [0.05, 0.1) is 0 Å². The van der Waals surface area contributed by atoms with Gasteiger partial charge in [-0.2, -0.15) is 8.78 Å². The zero-order valence-electron chi connectivity index (χ0n) is 15.5. The van der Waals surface area contributed by atoms with Crippen LogP contribution in [0.15, 0.2) is 48.5 Å². The maximum atomic E-state index is 12.2. The second kappa shape index (κ2) is 10.4. The summed E-state index contributed by atoms with van der Waals surface area (Å²) in [6.07, 6.45) is 0. The van der Waals surface area contributed by atoms with Crippen LogP contribution < -0.4 is 25.8 Å². The molecule has 28 heavy (non-hydrogen) atoms. The molecule has 0 saturated heterocycles. The van der Waals surface area contributed by atoms with Crippen molar-refractivity contribution in [2.75, 3.05) is 23.3 Å². The Kier molecular flexibility index (Phi) is 7.94. The monoisotopic (exact) mass is 408 g/mol. The summed E-state index contributed by atoms with van der Waals surface area (Å²) in [4.78, 5) is 14.4. The molecule has 0 aliphatic heterocycles. The fourth-order valence-electron chi connectivity index (χ4n) is 2.48. The second-order valence-corrected chi connectivity index (χ2v) is 6.06. The van der Waals surface area contributed by atoms with E-state index in [9.17, 15) is 13.6 Å². The van der Waals surface area contributed by atoms with E-state index < -0.39 is 6.61 Å². The molecular formula is C19H22F2N4O2S. The van der Waals surface area contributed by atoms with Crippen molar-refractivity contribution >= 4 is 34.6 Å². The zero-order chi connectivity index (χ0) is 20.5. The van der Waals surface area contributed by atoms with Gasteiger partial charge < -0.3 is 15.0 Å². The maximum absolute atomic E-state index is 12.2. The highest BCUT2D eigenvalue weighted by Crippen LogP contribution is 2.17. The van der Waals surface area contributed by atoms with Crippen LogP contribution in [0.5, 0.6) is 5.75 Å². The molecule has 0 atom stereocenters. The van der Waals surface area contributed by atoms with E-state index in [2.05, 4.69) is 39.7 Å². The van der Waals surface area contributed by atoms with E-state index >= 15 is 0 Å². The highest BCUT2D eigenvalue weighted by atomic mass is 32.1. The molecule has 0 saturated carbocycles. The Bertz CT molecular complexity index is 782. The minimum absolute atomic E-state index is 0.0425. The first kappa shape index (κ1) is 21.4. The number of rotatable bonds is 7. The van der Waals surface area contributed by atoms with Gasteiger partial charge in [0.15, 0.2) is 5.11 Å². The van der Waals surface area contributed by atoms with Crippen molar-refractivity contribution in [1.82, 2.24) is 10.9 Å². The number of alkyl halides is 2. The highest BCUT2D eigenvalue weighted by Gasteiger charge is 2.08. The predicted octanol–water partition coefficient (Wildman–Crippen LogP) is 3.77. The standard InChI is InChI=1S/C19H22F2N4O2S/c1-3-25(4-2)15-9-5-13(6-10-15)17(26)23-24-19(28)22-14-7-11-16(12-8-14)27-18(20)21/h5-12,18H,3-4H2,1-2H3,(H,23,26)(H2,22,24,28). The number of carbonyl (C=O) groups excluding carboxylic acids is 1. The van der Waals surface area contributed by atoms with Crippen molar-refractivity contribution in [3.63, 3.8) is 0 Å². The van der Waals surface area contributed by atoms with Gasteiger partial charge in [0.2, 0.25) is 0 Å². The summed E-state index contributed by atoms with van der Waals surface area (Å²) in [6.45, 7) is 3.04. The van der Waals surface area contributed by atoms with Gasteiger partial charge in [0.25, 0.3) is 5.91 Å². The number of nitrogens with zero attached hydrogens (tertiary/aromatic N) is 1. The number of nitrogens with one attached hydrogen (secondary N) is 3. The first-order valence-electron chi connectivity index (χ1n) is 8.70. The SMILES string of the molecule is CCN(CC)c1ccc(C(=O)NNC(=S)Nc2ccc(OC(F)F)cc2)cc1. The van der Waals surface area contributed by atoms with Crippen LogP contribution in [0.25, 0.3) is 0 Å². The summed E-state index contributed by atoms with van der Waals surface area (Å²) in [5, 5.41) is 2.97. The van der Waals surface area contributed by atoms with Gasteiger partial charge in [-0.3, -0.25) is 15.6 Å².